The van der Waals surface area contributed by atoms with Gasteiger partial charge in [-0.25, -0.2) is 4.79 Å². The van der Waals surface area contributed by atoms with Gasteiger partial charge in [-0.15, -0.1) is 0 Å². The largest absolute Gasteiger partial charge is 0.450 e. The van der Waals surface area contributed by atoms with Crippen LogP contribution in [0.5, 0.6) is 0 Å². The monoisotopic (exact) mass is 206 g/mol. The van der Waals surface area contributed by atoms with Crippen LogP contribution in [0.3, 0.4) is 0 Å². The smallest absolute Gasteiger partial charge is 0.411 e. The third-order valence-corrected chi connectivity index (χ3v) is 1.86. The van der Waals surface area contributed by atoms with E-state index in [1.54, 1.807) is 25.1 Å². The first-order chi connectivity index (χ1) is 7.31. The van der Waals surface area contributed by atoms with E-state index in [9.17, 15) is 4.79 Å². The van der Waals surface area contributed by atoms with Crippen molar-refractivity contribution in [2.45, 2.75) is 6.92 Å². The number of fused-ring (bicyclic) bond motifs is 1. The Balaban J connectivity index is 2.27. The Morgan fingerprint density at radius 1 is 1.53 bits per heavy atom. The minimum Gasteiger partial charge on any atom is -0.450 e. The lowest BCUT2D eigenvalue weighted by molar-refractivity contribution is 0.168. The number of aromatic amines is 1. The Labute approximate surface area is 85.6 Å². The molecule has 0 bridgehead atoms. The molecular formula is C9H10N4O2. The molecule has 0 radical (unpaired) electrons. The fraction of sp³-hybridized carbons (Fsp3) is 0.222. The van der Waals surface area contributed by atoms with Crippen LogP contribution in [-0.4, -0.2) is 28.1 Å². The highest BCUT2D eigenvalue weighted by Gasteiger charge is 2.07. The molecule has 1 aromatic heterocycles. The van der Waals surface area contributed by atoms with Gasteiger partial charge in [0.2, 0.25) is 0 Å². The Hall–Kier alpha value is -2.11. The van der Waals surface area contributed by atoms with Crippen molar-refractivity contribution in [1.29, 1.82) is 0 Å². The van der Waals surface area contributed by atoms with Gasteiger partial charge < -0.3 is 4.74 Å². The van der Waals surface area contributed by atoms with Crippen LogP contribution >= 0.6 is 0 Å². The van der Waals surface area contributed by atoms with Gasteiger partial charge in [-0.3, -0.25) is 5.32 Å². The molecule has 0 fully saturated rings. The van der Waals surface area contributed by atoms with E-state index < -0.39 is 6.09 Å². The van der Waals surface area contributed by atoms with Crippen molar-refractivity contribution in [3.63, 3.8) is 0 Å². The summed E-state index contributed by atoms with van der Waals surface area (Å²) in [7, 11) is 0. The normalized spacial score (nSPS) is 10.2. The molecular weight excluding hydrogens is 196 g/mol. The van der Waals surface area contributed by atoms with Crippen molar-refractivity contribution >= 4 is 22.8 Å². The maximum absolute atomic E-state index is 11.2. The Morgan fingerprint density at radius 2 is 2.40 bits per heavy atom. The van der Waals surface area contributed by atoms with E-state index in [4.69, 9.17) is 4.74 Å². The molecule has 1 amide bonds. The SMILES string of the molecule is CCOC(=O)Nc1cccc2n[nH]nc12. The highest BCUT2D eigenvalue weighted by Crippen LogP contribution is 2.18. The van der Waals surface area contributed by atoms with Gasteiger partial charge in [0.25, 0.3) is 0 Å². The molecule has 6 heteroatoms. The summed E-state index contributed by atoms with van der Waals surface area (Å²) in [4.78, 5) is 11.2. The Kier molecular flexibility index (Phi) is 2.49. The van der Waals surface area contributed by atoms with Crippen LogP contribution in [0.15, 0.2) is 18.2 Å². The maximum Gasteiger partial charge on any atom is 0.411 e. The van der Waals surface area contributed by atoms with Gasteiger partial charge in [0.05, 0.1) is 12.3 Å². The van der Waals surface area contributed by atoms with Gasteiger partial charge in [0.1, 0.15) is 11.0 Å². The van der Waals surface area contributed by atoms with E-state index in [1.165, 1.54) is 0 Å². The van der Waals surface area contributed by atoms with Crippen LogP contribution in [0, 0.1) is 0 Å². The van der Waals surface area contributed by atoms with Gasteiger partial charge in [-0.2, -0.15) is 15.4 Å². The molecule has 1 heterocycles. The highest BCUT2D eigenvalue weighted by atomic mass is 16.5. The molecule has 0 aliphatic carbocycles. The van der Waals surface area contributed by atoms with Gasteiger partial charge in [0.15, 0.2) is 0 Å². The fourth-order valence-electron chi connectivity index (χ4n) is 1.25. The van der Waals surface area contributed by atoms with Gasteiger partial charge in [-0.1, -0.05) is 6.07 Å². The van der Waals surface area contributed by atoms with Crippen molar-refractivity contribution < 1.29 is 9.53 Å². The number of para-hydroxylation sites is 1. The van der Waals surface area contributed by atoms with E-state index in [0.29, 0.717) is 23.3 Å². The molecule has 6 nitrogen and oxygen atoms in total. The molecule has 2 aromatic rings. The molecule has 15 heavy (non-hydrogen) atoms. The summed E-state index contributed by atoms with van der Waals surface area (Å²) in [5, 5.41) is 12.9. The second kappa shape index (κ2) is 3.95. The maximum atomic E-state index is 11.2. The zero-order valence-electron chi connectivity index (χ0n) is 8.15. The molecule has 2 rings (SSSR count). The minimum absolute atomic E-state index is 0.334. The third kappa shape index (κ3) is 1.88. The summed E-state index contributed by atoms with van der Waals surface area (Å²) in [5.41, 5.74) is 1.90. The van der Waals surface area contributed by atoms with Crippen LogP contribution in [0.2, 0.25) is 0 Å². The molecule has 1 aromatic carbocycles. The van der Waals surface area contributed by atoms with Crippen molar-refractivity contribution in [3.05, 3.63) is 18.2 Å². The van der Waals surface area contributed by atoms with Crippen LogP contribution in [0.4, 0.5) is 10.5 Å². The number of H-pyrrole nitrogens is 1. The van der Waals surface area contributed by atoms with E-state index in [1.807, 2.05) is 0 Å². The summed E-state index contributed by atoms with van der Waals surface area (Å²) in [5.74, 6) is 0. The second-order valence-electron chi connectivity index (χ2n) is 2.84. The summed E-state index contributed by atoms with van der Waals surface area (Å²) < 4.78 is 4.76. The number of rotatable bonds is 2. The number of anilines is 1. The van der Waals surface area contributed by atoms with Crippen LogP contribution < -0.4 is 5.32 Å². The molecule has 78 valence electrons. The lowest BCUT2D eigenvalue weighted by Gasteiger charge is -2.04. The number of nitrogens with zero attached hydrogens (tertiary/aromatic N) is 2. The van der Waals surface area contributed by atoms with E-state index in [-0.39, 0.29) is 0 Å². The lowest BCUT2D eigenvalue weighted by atomic mass is 10.3. The first kappa shape index (κ1) is 9.45. The third-order valence-electron chi connectivity index (χ3n) is 1.86. The van der Waals surface area contributed by atoms with Gasteiger partial charge in [0, 0.05) is 0 Å². The number of ether oxygens (including phenoxy) is 1. The highest BCUT2D eigenvalue weighted by molar-refractivity contribution is 5.96. The predicted octanol–water partition coefficient (Wildman–Crippen LogP) is 1.53. The quantitative estimate of drug-likeness (QED) is 0.780. The average molecular weight is 206 g/mol. The van der Waals surface area contributed by atoms with Crippen molar-refractivity contribution in [1.82, 2.24) is 15.4 Å². The summed E-state index contributed by atoms with van der Waals surface area (Å²) in [6.45, 7) is 2.08. The predicted molar refractivity (Wildman–Crippen MR) is 54.5 cm³/mol. The molecule has 0 aliphatic heterocycles. The van der Waals surface area contributed by atoms with Crippen molar-refractivity contribution in [3.8, 4) is 0 Å². The molecule has 0 spiro atoms. The molecule has 2 N–H and O–H groups in total. The summed E-state index contributed by atoms with van der Waals surface area (Å²) in [6.07, 6.45) is -0.493. The second-order valence-corrected chi connectivity index (χ2v) is 2.84. The molecule has 0 saturated heterocycles. The zero-order chi connectivity index (χ0) is 10.7. The van der Waals surface area contributed by atoms with E-state index in [0.717, 1.165) is 0 Å². The van der Waals surface area contributed by atoms with Crippen molar-refractivity contribution in [2.24, 2.45) is 0 Å². The number of carbonyl (C=O) groups is 1. The van der Waals surface area contributed by atoms with Gasteiger partial charge in [-0.05, 0) is 19.1 Å². The number of aromatic nitrogens is 3. The zero-order valence-corrected chi connectivity index (χ0v) is 8.15. The Morgan fingerprint density at radius 3 is 3.20 bits per heavy atom. The fourth-order valence-corrected chi connectivity index (χ4v) is 1.25. The number of amides is 1. The molecule has 0 atom stereocenters. The first-order valence-corrected chi connectivity index (χ1v) is 4.54. The van der Waals surface area contributed by atoms with Crippen LogP contribution in [-0.2, 0) is 4.74 Å². The van der Waals surface area contributed by atoms with E-state index in [2.05, 4.69) is 20.7 Å². The van der Waals surface area contributed by atoms with Crippen LogP contribution in [0.1, 0.15) is 6.92 Å². The minimum atomic E-state index is -0.493. The number of nitrogens with one attached hydrogen (secondary N) is 2. The molecule has 0 unspecified atom stereocenters. The lowest BCUT2D eigenvalue weighted by Crippen LogP contribution is -2.13. The number of hydrogen-bond donors (Lipinski definition) is 2. The van der Waals surface area contributed by atoms with E-state index >= 15 is 0 Å². The first-order valence-electron chi connectivity index (χ1n) is 4.54. The number of benzene rings is 1. The molecule has 0 saturated carbocycles. The number of carbonyl (C=O) groups excluding carboxylic acids is 1. The molecule has 0 aliphatic rings. The average Bonchev–Trinajstić information content (AvgIpc) is 2.67. The number of hydrogen-bond acceptors (Lipinski definition) is 4. The standard InChI is InChI=1S/C9H10N4O2/c1-2-15-9(14)10-6-4-3-5-7-8(6)12-13-11-7/h3-5H,2H2,1H3,(H,10,14)(H,11,12,13). The topological polar surface area (TPSA) is 79.9 Å². The van der Waals surface area contributed by atoms with Crippen molar-refractivity contribution in [2.75, 3.05) is 11.9 Å². The van der Waals surface area contributed by atoms with Crippen LogP contribution in [0.25, 0.3) is 11.0 Å². The van der Waals surface area contributed by atoms with Gasteiger partial charge >= 0.3 is 6.09 Å². The summed E-state index contributed by atoms with van der Waals surface area (Å²) >= 11 is 0. The Bertz CT molecular complexity index is 480. The summed E-state index contributed by atoms with van der Waals surface area (Å²) in [6, 6.07) is 5.32.